The third-order valence-electron chi connectivity index (χ3n) is 2.85. The second kappa shape index (κ2) is 4.56. The summed E-state index contributed by atoms with van der Waals surface area (Å²) < 4.78 is 5.52. The molecule has 1 saturated carbocycles. The standard InChI is InChI=1S/C13H16O3/c1-9-2-5-12(11(8-9)13(14)15)16-7-6-10-3-4-10/h2,5,8,10H,3-4,6-7H2,1H3,(H,14,15). The second-order valence-corrected chi connectivity index (χ2v) is 4.39. The summed E-state index contributed by atoms with van der Waals surface area (Å²) in [6.45, 7) is 2.49. The zero-order valence-corrected chi connectivity index (χ0v) is 9.40. The van der Waals surface area contributed by atoms with Crippen LogP contribution in [0.4, 0.5) is 0 Å². The van der Waals surface area contributed by atoms with Crippen LogP contribution in [-0.2, 0) is 0 Å². The van der Waals surface area contributed by atoms with Crippen molar-refractivity contribution in [3.05, 3.63) is 29.3 Å². The van der Waals surface area contributed by atoms with Gasteiger partial charge in [-0.2, -0.15) is 0 Å². The molecule has 0 amide bonds. The third kappa shape index (κ3) is 2.75. The molecule has 1 aliphatic rings. The highest BCUT2D eigenvalue weighted by Crippen LogP contribution is 2.32. The molecule has 0 saturated heterocycles. The molecule has 1 N–H and O–H groups in total. The summed E-state index contributed by atoms with van der Waals surface area (Å²) in [6.07, 6.45) is 3.62. The van der Waals surface area contributed by atoms with Crippen molar-refractivity contribution >= 4 is 5.97 Å². The van der Waals surface area contributed by atoms with Crippen LogP contribution in [0.5, 0.6) is 5.75 Å². The third-order valence-corrected chi connectivity index (χ3v) is 2.85. The van der Waals surface area contributed by atoms with Crippen LogP contribution in [0.15, 0.2) is 18.2 Å². The Morgan fingerprint density at radius 2 is 2.25 bits per heavy atom. The first kappa shape index (κ1) is 11.0. The van der Waals surface area contributed by atoms with E-state index in [-0.39, 0.29) is 5.56 Å². The van der Waals surface area contributed by atoms with Gasteiger partial charge >= 0.3 is 5.97 Å². The number of ether oxygens (including phenoxy) is 1. The average molecular weight is 220 g/mol. The van der Waals surface area contributed by atoms with Crippen LogP contribution < -0.4 is 4.74 Å². The molecule has 86 valence electrons. The van der Waals surface area contributed by atoms with E-state index in [2.05, 4.69) is 0 Å². The van der Waals surface area contributed by atoms with Crippen LogP contribution in [0.25, 0.3) is 0 Å². The van der Waals surface area contributed by atoms with E-state index < -0.39 is 5.97 Å². The molecular formula is C13H16O3. The Morgan fingerprint density at radius 3 is 2.88 bits per heavy atom. The minimum atomic E-state index is -0.926. The van der Waals surface area contributed by atoms with Crippen LogP contribution in [0.2, 0.25) is 0 Å². The predicted octanol–water partition coefficient (Wildman–Crippen LogP) is 2.87. The van der Waals surface area contributed by atoms with Crippen LogP contribution in [-0.4, -0.2) is 17.7 Å². The Hall–Kier alpha value is -1.51. The topological polar surface area (TPSA) is 46.5 Å². The van der Waals surface area contributed by atoms with Crippen LogP contribution >= 0.6 is 0 Å². The fourth-order valence-corrected chi connectivity index (χ4v) is 1.68. The number of carbonyl (C=O) groups is 1. The smallest absolute Gasteiger partial charge is 0.339 e. The molecule has 0 aliphatic heterocycles. The number of carboxylic acid groups (broad SMARTS) is 1. The van der Waals surface area contributed by atoms with Gasteiger partial charge in [0.1, 0.15) is 11.3 Å². The summed E-state index contributed by atoms with van der Waals surface area (Å²) in [5.41, 5.74) is 1.20. The minimum absolute atomic E-state index is 0.260. The van der Waals surface area contributed by atoms with E-state index in [4.69, 9.17) is 9.84 Å². The molecule has 2 rings (SSSR count). The van der Waals surface area contributed by atoms with Gasteiger partial charge in [0, 0.05) is 0 Å². The van der Waals surface area contributed by atoms with Crippen molar-refractivity contribution in [3.63, 3.8) is 0 Å². The molecule has 1 fully saturated rings. The van der Waals surface area contributed by atoms with Gasteiger partial charge < -0.3 is 9.84 Å². The number of rotatable bonds is 5. The van der Waals surface area contributed by atoms with Crippen LogP contribution in [0.3, 0.4) is 0 Å². The molecule has 0 unspecified atom stereocenters. The van der Waals surface area contributed by atoms with E-state index in [1.807, 2.05) is 13.0 Å². The summed E-state index contributed by atoms with van der Waals surface area (Å²) in [5.74, 6) is 0.364. The van der Waals surface area contributed by atoms with E-state index in [0.717, 1.165) is 17.9 Å². The first-order chi connectivity index (χ1) is 7.66. The summed E-state index contributed by atoms with van der Waals surface area (Å²) >= 11 is 0. The van der Waals surface area contributed by atoms with E-state index >= 15 is 0 Å². The van der Waals surface area contributed by atoms with Crippen molar-refractivity contribution in [1.29, 1.82) is 0 Å². The van der Waals surface area contributed by atoms with Crippen molar-refractivity contribution in [2.24, 2.45) is 5.92 Å². The molecule has 0 heterocycles. The van der Waals surface area contributed by atoms with E-state index in [9.17, 15) is 4.79 Å². The van der Waals surface area contributed by atoms with Crippen molar-refractivity contribution < 1.29 is 14.6 Å². The lowest BCUT2D eigenvalue weighted by atomic mass is 10.1. The van der Waals surface area contributed by atoms with Gasteiger partial charge in [-0.05, 0) is 31.4 Å². The largest absolute Gasteiger partial charge is 0.493 e. The molecule has 0 spiro atoms. The van der Waals surface area contributed by atoms with Crippen LogP contribution in [0, 0.1) is 12.8 Å². The molecule has 1 aromatic rings. The Kier molecular flexibility index (Phi) is 3.13. The maximum Gasteiger partial charge on any atom is 0.339 e. The molecule has 3 nitrogen and oxygen atoms in total. The fraction of sp³-hybridized carbons (Fsp3) is 0.462. The zero-order valence-electron chi connectivity index (χ0n) is 9.40. The van der Waals surface area contributed by atoms with E-state index in [0.29, 0.717) is 12.4 Å². The molecule has 0 atom stereocenters. The number of hydrogen-bond acceptors (Lipinski definition) is 2. The first-order valence-corrected chi connectivity index (χ1v) is 5.63. The quantitative estimate of drug-likeness (QED) is 0.829. The normalized spacial score (nSPS) is 14.8. The Morgan fingerprint density at radius 1 is 1.50 bits per heavy atom. The second-order valence-electron chi connectivity index (χ2n) is 4.39. The molecule has 1 aromatic carbocycles. The van der Waals surface area contributed by atoms with Gasteiger partial charge in [-0.25, -0.2) is 4.79 Å². The first-order valence-electron chi connectivity index (χ1n) is 5.63. The number of hydrogen-bond donors (Lipinski definition) is 1. The molecule has 0 aromatic heterocycles. The Labute approximate surface area is 95.0 Å². The summed E-state index contributed by atoms with van der Waals surface area (Å²) in [5, 5.41) is 9.03. The van der Waals surface area contributed by atoms with Gasteiger partial charge in [0.15, 0.2) is 0 Å². The van der Waals surface area contributed by atoms with Gasteiger partial charge in [0.2, 0.25) is 0 Å². The lowest BCUT2D eigenvalue weighted by molar-refractivity contribution is 0.0692. The Balaban J connectivity index is 2.02. The van der Waals surface area contributed by atoms with Gasteiger partial charge in [-0.1, -0.05) is 24.5 Å². The number of carboxylic acids is 1. The van der Waals surface area contributed by atoms with Crippen molar-refractivity contribution in [1.82, 2.24) is 0 Å². The minimum Gasteiger partial charge on any atom is -0.493 e. The number of aryl methyl sites for hydroxylation is 1. The molecule has 16 heavy (non-hydrogen) atoms. The lowest BCUT2D eigenvalue weighted by Gasteiger charge is -2.09. The van der Waals surface area contributed by atoms with Gasteiger partial charge in [0.25, 0.3) is 0 Å². The fourth-order valence-electron chi connectivity index (χ4n) is 1.68. The Bertz CT molecular complexity index is 394. The van der Waals surface area contributed by atoms with Crippen molar-refractivity contribution in [2.45, 2.75) is 26.2 Å². The highest BCUT2D eigenvalue weighted by molar-refractivity contribution is 5.91. The molecule has 3 heteroatoms. The maximum atomic E-state index is 11.0. The molecule has 0 radical (unpaired) electrons. The predicted molar refractivity (Wildman–Crippen MR) is 61.0 cm³/mol. The SMILES string of the molecule is Cc1ccc(OCCC2CC2)c(C(=O)O)c1. The van der Waals surface area contributed by atoms with Crippen molar-refractivity contribution in [2.75, 3.05) is 6.61 Å². The van der Waals surface area contributed by atoms with Gasteiger partial charge in [-0.3, -0.25) is 0 Å². The van der Waals surface area contributed by atoms with Gasteiger partial charge in [-0.15, -0.1) is 0 Å². The molecular weight excluding hydrogens is 204 g/mol. The number of benzene rings is 1. The highest BCUT2D eigenvalue weighted by Gasteiger charge is 2.21. The van der Waals surface area contributed by atoms with Crippen molar-refractivity contribution in [3.8, 4) is 5.75 Å². The summed E-state index contributed by atoms with van der Waals surface area (Å²) in [6, 6.07) is 5.26. The molecule has 0 bridgehead atoms. The summed E-state index contributed by atoms with van der Waals surface area (Å²) in [4.78, 5) is 11.0. The average Bonchev–Trinajstić information content (AvgIpc) is 3.04. The maximum absolute atomic E-state index is 11.0. The number of aromatic carboxylic acids is 1. The van der Waals surface area contributed by atoms with Crippen LogP contribution in [0.1, 0.15) is 35.2 Å². The zero-order chi connectivity index (χ0) is 11.5. The molecule has 1 aliphatic carbocycles. The van der Waals surface area contributed by atoms with E-state index in [1.54, 1.807) is 12.1 Å². The van der Waals surface area contributed by atoms with Gasteiger partial charge in [0.05, 0.1) is 6.61 Å². The van der Waals surface area contributed by atoms with E-state index in [1.165, 1.54) is 12.8 Å². The lowest BCUT2D eigenvalue weighted by Crippen LogP contribution is -2.05. The summed E-state index contributed by atoms with van der Waals surface area (Å²) in [7, 11) is 0. The highest BCUT2D eigenvalue weighted by atomic mass is 16.5. The monoisotopic (exact) mass is 220 g/mol.